The second kappa shape index (κ2) is 10.9. The fourth-order valence-corrected chi connectivity index (χ4v) is 5.16. The summed E-state index contributed by atoms with van der Waals surface area (Å²) in [7, 11) is 0. The molecule has 4 rings (SSSR count). The number of pyridine rings is 1. The van der Waals surface area contributed by atoms with Gasteiger partial charge in [-0.1, -0.05) is 39.5 Å². The molecule has 1 amide bonds. The third kappa shape index (κ3) is 6.15. The summed E-state index contributed by atoms with van der Waals surface area (Å²) in [5, 5.41) is 13.7. The molecule has 2 aliphatic carbocycles. The third-order valence-corrected chi connectivity index (χ3v) is 6.72. The van der Waals surface area contributed by atoms with E-state index in [1.54, 1.807) is 4.90 Å². The maximum Gasteiger partial charge on any atom is 0.422 e. The molecule has 3 aliphatic rings. The molecule has 2 N–H and O–H groups in total. The number of nitrogens with one attached hydrogen (secondary N) is 1. The number of hydrogen-bond donors (Lipinski definition) is 2. The van der Waals surface area contributed by atoms with Gasteiger partial charge in [0.25, 0.3) is 0 Å². The molecule has 0 bridgehead atoms. The molecule has 0 aromatic carbocycles. The number of nitrogens with zero attached hydrogens (tertiary/aromatic N) is 2. The van der Waals surface area contributed by atoms with Crippen LogP contribution in [0.2, 0.25) is 0 Å². The second-order valence-electron chi connectivity index (χ2n) is 9.47. The van der Waals surface area contributed by atoms with Gasteiger partial charge in [0.15, 0.2) is 0 Å². The van der Waals surface area contributed by atoms with Gasteiger partial charge >= 0.3 is 6.18 Å². The number of carbonyl (C=O) groups is 1. The molecule has 0 radical (unpaired) electrons. The standard InChI is InChI=1S/C21H29F3N3O2.C3H8/c22-21(23,24)16-10-15-12-26(9-8-19(15)27(29)13-16)20(28)14-6-7-18(11-14)25-17-4-2-1-3-5-17;1-3-2/h10,13-14,17-18,25,29H,1-9,11-12H2;3H2,1-2H3/q+1;/t14?,18-;/m1./s1. The zero-order valence-corrected chi connectivity index (χ0v) is 19.3. The van der Waals surface area contributed by atoms with Gasteiger partial charge in [-0.2, -0.15) is 13.2 Å². The van der Waals surface area contributed by atoms with E-state index in [0.717, 1.165) is 25.3 Å². The molecular formula is C24H37F3N3O2+. The highest BCUT2D eigenvalue weighted by Gasteiger charge is 2.39. The smallest absolute Gasteiger partial charge is 0.337 e. The van der Waals surface area contributed by atoms with Crippen molar-refractivity contribution in [1.82, 2.24) is 10.2 Å². The zero-order chi connectivity index (χ0) is 23.3. The van der Waals surface area contributed by atoms with Crippen LogP contribution in [0.4, 0.5) is 13.2 Å². The van der Waals surface area contributed by atoms with Crippen LogP contribution in [0.15, 0.2) is 12.3 Å². The van der Waals surface area contributed by atoms with Crippen LogP contribution in [-0.4, -0.2) is 34.6 Å². The number of carbonyl (C=O) groups excluding carboxylic acids is 1. The fourth-order valence-electron chi connectivity index (χ4n) is 5.16. The quantitative estimate of drug-likeness (QED) is 0.515. The number of halogens is 3. The van der Waals surface area contributed by atoms with Crippen LogP contribution in [0.3, 0.4) is 0 Å². The summed E-state index contributed by atoms with van der Waals surface area (Å²) < 4.78 is 39.8. The van der Waals surface area contributed by atoms with E-state index in [1.807, 2.05) is 0 Å². The minimum absolute atomic E-state index is 0.0329. The Morgan fingerprint density at radius 2 is 1.84 bits per heavy atom. The number of amides is 1. The van der Waals surface area contributed by atoms with Crippen molar-refractivity contribution in [3.8, 4) is 0 Å². The first kappa shape index (κ1) is 24.8. The van der Waals surface area contributed by atoms with Crippen molar-refractivity contribution in [3.05, 3.63) is 29.1 Å². The Hall–Kier alpha value is -1.83. The molecule has 1 aromatic heterocycles. The summed E-state index contributed by atoms with van der Waals surface area (Å²) in [5.74, 6) is -0.0322. The van der Waals surface area contributed by atoms with Crippen LogP contribution in [0.1, 0.15) is 88.5 Å². The molecule has 2 atom stereocenters. The lowest BCUT2D eigenvalue weighted by Crippen LogP contribution is -2.46. The number of alkyl halides is 3. The average Bonchev–Trinajstić information content (AvgIpc) is 3.22. The molecule has 1 unspecified atom stereocenters. The molecule has 8 heteroatoms. The molecule has 0 spiro atoms. The van der Waals surface area contributed by atoms with E-state index in [-0.39, 0.29) is 18.4 Å². The second-order valence-corrected chi connectivity index (χ2v) is 9.47. The minimum atomic E-state index is -4.53. The SMILES string of the molecule is CCC.O=C(C1CC[C@@H](NC2CCCCC2)C1)N1CCc2c(cc(C(F)(F)F)c[n+]2O)C1. The van der Waals surface area contributed by atoms with E-state index in [1.165, 1.54) is 38.5 Å². The van der Waals surface area contributed by atoms with Crippen molar-refractivity contribution in [2.45, 2.75) is 103 Å². The maximum atomic E-state index is 13.1. The summed E-state index contributed by atoms with van der Waals surface area (Å²) >= 11 is 0. The van der Waals surface area contributed by atoms with Gasteiger partial charge in [0.2, 0.25) is 17.8 Å². The molecule has 2 heterocycles. The lowest BCUT2D eigenvalue weighted by molar-refractivity contribution is -0.910. The molecule has 1 aliphatic heterocycles. The normalized spacial score (nSPS) is 24.0. The number of hydrogen-bond acceptors (Lipinski definition) is 3. The van der Waals surface area contributed by atoms with E-state index in [0.29, 0.717) is 47.2 Å². The summed E-state index contributed by atoms with van der Waals surface area (Å²) in [6.45, 7) is 4.80. The molecular weight excluding hydrogens is 419 g/mol. The topological polar surface area (TPSA) is 56.5 Å². The Bertz CT molecular complexity index is 778. The van der Waals surface area contributed by atoms with Gasteiger partial charge in [-0.25, -0.2) is 0 Å². The van der Waals surface area contributed by atoms with E-state index in [9.17, 15) is 23.2 Å². The van der Waals surface area contributed by atoms with E-state index < -0.39 is 11.7 Å². The van der Waals surface area contributed by atoms with Crippen LogP contribution in [0.25, 0.3) is 0 Å². The number of fused-ring (bicyclic) bond motifs is 1. The molecule has 180 valence electrons. The predicted molar refractivity (Wildman–Crippen MR) is 115 cm³/mol. The first-order valence-electron chi connectivity index (χ1n) is 12.1. The van der Waals surface area contributed by atoms with E-state index in [2.05, 4.69) is 19.2 Å². The van der Waals surface area contributed by atoms with Gasteiger partial charge < -0.3 is 10.2 Å². The Kier molecular flexibility index (Phi) is 8.42. The van der Waals surface area contributed by atoms with Gasteiger partial charge in [0.05, 0.1) is 13.0 Å². The van der Waals surface area contributed by atoms with Crippen LogP contribution in [-0.2, 0) is 23.9 Å². The van der Waals surface area contributed by atoms with Crippen LogP contribution < -0.4 is 10.0 Å². The lowest BCUT2D eigenvalue weighted by atomic mass is 9.94. The first-order valence-corrected chi connectivity index (χ1v) is 12.1. The van der Waals surface area contributed by atoms with Gasteiger partial charge in [0, 0.05) is 34.8 Å². The fraction of sp³-hybridized carbons (Fsp3) is 0.750. The van der Waals surface area contributed by atoms with Crippen molar-refractivity contribution >= 4 is 5.91 Å². The molecule has 0 saturated heterocycles. The van der Waals surface area contributed by atoms with E-state index >= 15 is 0 Å². The highest BCUT2D eigenvalue weighted by Crippen LogP contribution is 2.33. The third-order valence-electron chi connectivity index (χ3n) is 6.72. The summed E-state index contributed by atoms with van der Waals surface area (Å²) in [6.07, 6.45) is 6.65. The van der Waals surface area contributed by atoms with Crippen molar-refractivity contribution < 1.29 is 27.9 Å². The average molecular weight is 457 g/mol. The zero-order valence-electron chi connectivity index (χ0n) is 19.3. The van der Waals surface area contributed by atoms with Crippen LogP contribution in [0.5, 0.6) is 0 Å². The van der Waals surface area contributed by atoms with Crippen molar-refractivity contribution in [2.24, 2.45) is 5.92 Å². The first-order chi connectivity index (χ1) is 15.2. The largest absolute Gasteiger partial charge is 0.422 e. The van der Waals surface area contributed by atoms with Gasteiger partial charge in [-0.3, -0.25) is 10.0 Å². The Morgan fingerprint density at radius 3 is 2.50 bits per heavy atom. The number of aromatic nitrogens is 1. The highest BCUT2D eigenvalue weighted by atomic mass is 19.4. The molecule has 5 nitrogen and oxygen atoms in total. The summed E-state index contributed by atoms with van der Waals surface area (Å²) in [4.78, 5) is 14.7. The van der Waals surface area contributed by atoms with Gasteiger partial charge in [-0.15, -0.1) is 0 Å². The van der Waals surface area contributed by atoms with E-state index in [4.69, 9.17) is 0 Å². The minimum Gasteiger partial charge on any atom is -0.337 e. The number of rotatable bonds is 3. The van der Waals surface area contributed by atoms with Gasteiger partial charge in [0.1, 0.15) is 5.56 Å². The molecule has 32 heavy (non-hydrogen) atoms. The Labute approximate surface area is 188 Å². The lowest BCUT2D eigenvalue weighted by Gasteiger charge is -2.29. The van der Waals surface area contributed by atoms with Crippen LogP contribution in [0, 0.1) is 5.92 Å². The van der Waals surface area contributed by atoms with Crippen molar-refractivity contribution in [1.29, 1.82) is 0 Å². The Balaban J connectivity index is 0.000000913. The molecule has 2 saturated carbocycles. The van der Waals surface area contributed by atoms with Gasteiger partial charge in [-0.05, 0) is 38.2 Å². The maximum absolute atomic E-state index is 13.1. The molecule has 1 aromatic rings. The van der Waals surface area contributed by atoms with Crippen LogP contribution >= 0.6 is 0 Å². The molecule has 2 fully saturated rings. The Morgan fingerprint density at radius 1 is 1.16 bits per heavy atom. The highest BCUT2D eigenvalue weighted by molar-refractivity contribution is 5.79. The predicted octanol–water partition coefficient (Wildman–Crippen LogP) is 4.62. The summed E-state index contributed by atoms with van der Waals surface area (Å²) in [6, 6.07) is 1.98. The van der Waals surface area contributed by atoms with Crippen molar-refractivity contribution in [3.63, 3.8) is 0 Å². The monoisotopic (exact) mass is 456 g/mol. The van der Waals surface area contributed by atoms with Crippen molar-refractivity contribution in [2.75, 3.05) is 6.54 Å². The summed E-state index contributed by atoms with van der Waals surface area (Å²) in [5.41, 5.74) is -0.0761.